The van der Waals surface area contributed by atoms with Crippen LogP contribution in [0.1, 0.15) is 46.6 Å². The Morgan fingerprint density at radius 1 is 1.32 bits per heavy atom. The Labute approximate surface area is 136 Å². The van der Waals surface area contributed by atoms with Gasteiger partial charge in [0, 0.05) is 11.6 Å². The number of ether oxygens (including phenoxy) is 1. The number of amides is 1. The fraction of sp³-hybridized carbons (Fsp3) is 0.389. The second-order valence-corrected chi connectivity index (χ2v) is 6.52. The van der Waals surface area contributed by atoms with Crippen LogP contribution in [-0.4, -0.2) is 11.9 Å². The molecule has 0 saturated heterocycles. The van der Waals surface area contributed by atoms with E-state index in [1.807, 2.05) is 50.4 Å². The topological polar surface area (TPSA) is 38.3 Å². The maximum Gasteiger partial charge on any atom is 0.261 e. The van der Waals surface area contributed by atoms with Gasteiger partial charge in [0.1, 0.15) is 12.4 Å². The van der Waals surface area contributed by atoms with Gasteiger partial charge in [0.15, 0.2) is 0 Å². The lowest BCUT2D eigenvalue weighted by molar-refractivity contribution is 0.0943. The second kappa shape index (κ2) is 7.45. The van der Waals surface area contributed by atoms with E-state index >= 15 is 0 Å². The van der Waals surface area contributed by atoms with Crippen molar-refractivity contribution in [1.82, 2.24) is 5.32 Å². The number of hydrogen-bond donors (Lipinski definition) is 1. The van der Waals surface area contributed by atoms with Gasteiger partial charge in [-0.2, -0.15) is 0 Å². The highest BCUT2D eigenvalue weighted by Crippen LogP contribution is 2.24. The summed E-state index contributed by atoms with van der Waals surface area (Å²) in [5.41, 5.74) is 3.29. The van der Waals surface area contributed by atoms with Crippen molar-refractivity contribution in [3.8, 4) is 5.75 Å². The zero-order valence-corrected chi connectivity index (χ0v) is 14.4. The highest BCUT2D eigenvalue weighted by atomic mass is 32.1. The highest BCUT2D eigenvalue weighted by molar-refractivity contribution is 7.12. The predicted molar refractivity (Wildman–Crippen MR) is 91.8 cm³/mol. The summed E-state index contributed by atoms with van der Waals surface area (Å²) in [6.45, 7) is 8.64. The zero-order valence-electron chi connectivity index (χ0n) is 13.6. The number of para-hydroxylation sites is 1. The van der Waals surface area contributed by atoms with Crippen molar-refractivity contribution in [2.24, 2.45) is 0 Å². The first-order valence-corrected chi connectivity index (χ1v) is 8.46. The van der Waals surface area contributed by atoms with E-state index in [-0.39, 0.29) is 11.9 Å². The minimum atomic E-state index is -0.00216. The van der Waals surface area contributed by atoms with E-state index in [9.17, 15) is 4.79 Å². The summed E-state index contributed by atoms with van der Waals surface area (Å²) in [5, 5.41) is 4.97. The monoisotopic (exact) mass is 317 g/mol. The van der Waals surface area contributed by atoms with Gasteiger partial charge in [-0.1, -0.05) is 25.1 Å². The van der Waals surface area contributed by atoms with Crippen LogP contribution in [0.3, 0.4) is 0 Å². The number of aryl methyl sites for hydroxylation is 2. The molecule has 2 aromatic rings. The van der Waals surface area contributed by atoms with Crippen molar-refractivity contribution >= 4 is 17.2 Å². The van der Waals surface area contributed by atoms with Crippen LogP contribution in [0.25, 0.3) is 0 Å². The molecule has 1 heterocycles. The number of thiophene rings is 1. The normalized spacial score (nSPS) is 12.0. The van der Waals surface area contributed by atoms with E-state index < -0.39 is 0 Å². The Morgan fingerprint density at radius 3 is 2.64 bits per heavy atom. The van der Waals surface area contributed by atoms with Gasteiger partial charge in [0.25, 0.3) is 5.91 Å². The summed E-state index contributed by atoms with van der Waals surface area (Å²) >= 11 is 1.46. The summed E-state index contributed by atoms with van der Waals surface area (Å²) in [5.74, 6) is 0.928. The Bertz CT molecular complexity index is 628. The molecule has 2 rings (SSSR count). The molecule has 0 spiro atoms. The molecule has 0 radical (unpaired) electrons. The third-order valence-electron chi connectivity index (χ3n) is 3.66. The quantitative estimate of drug-likeness (QED) is 0.853. The molecule has 4 heteroatoms. The summed E-state index contributed by atoms with van der Waals surface area (Å²) in [6, 6.07) is 8.22. The molecule has 0 aliphatic carbocycles. The summed E-state index contributed by atoms with van der Waals surface area (Å²) in [7, 11) is 0. The number of hydrogen-bond acceptors (Lipinski definition) is 3. The molecule has 118 valence electrons. The molecule has 1 unspecified atom stereocenters. The molecule has 0 bridgehead atoms. The van der Waals surface area contributed by atoms with Crippen LogP contribution >= 0.6 is 11.3 Å². The molecular formula is C18H23NO2S. The van der Waals surface area contributed by atoms with Crippen LogP contribution in [-0.2, 0) is 6.61 Å². The second-order valence-electron chi connectivity index (χ2n) is 5.61. The number of carbonyl (C=O) groups is 1. The van der Waals surface area contributed by atoms with Gasteiger partial charge in [-0.25, -0.2) is 0 Å². The van der Waals surface area contributed by atoms with E-state index in [0.717, 1.165) is 33.7 Å². The summed E-state index contributed by atoms with van der Waals surface area (Å²) < 4.78 is 5.92. The predicted octanol–water partition coefficient (Wildman–Crippen LogP) is 4.47. The van der Waals surface area contributed by atoms with Crippen molar-refractivity contribution in [2.45, 2.75) is 46.8 Å². The molecule has 0 saturated carbocycles. The van der Waals surface area contributed by atoms with Gasteiger partial charge >= 0.3 is 0 Å². The Balaban J connectivity index is 1.99. The first-order valence-electron chi connectivity index (χ1n) is 7.58. The molecule has 0 aliphatic rings. The third kappa shape index (κ3) is 4.10. The first kappa shape index (κ1) is 16.6. The van der Waals surface area contributed by atoms with Crippen molar-refractivity contribution in [1.29, 1.82) is 0 Å². The van der Waals surface area contributed by atoms with Crippen LogP contribution < -0.4 is 10.1 Å². The maximum absolute atomic E-state index is 12.1. The Kier molecular flexibility index (Phi) is 5.61. The lowest BCUT2D eigenvalue weighted by Crippen LogP contribution is -2.31. The zero-order chi connectivity index (χ0) is 16.1. The summed E-state index contributed by atoms with van der Waals surface area (Å²) in [4.78, 5) is 12.8. The number of benzene rings is 1. The lowest BCUT2D eigenvalue weighted by Gasteiger charge is -2.11. The SMILES string of the molecule is CCC(C)NC(=O)c1cc(COc2c(C)cccc2C)cs1. The van der Waals surface area contributed by atoms with Crippen molar-refractivity contribution in [2.75, 3.05) is 0 Å². The van der Waals surface area contributed by atoms with E-state index in [1.165, 1.54) is 11.3 Å². The summed E-state index contributed by atoms with van der Waals surface area (Å²) in [6.07, 6.45) is 0.930. The fourth-order valence-corrected chi connectivity index (χ4v) is 2.95. The average molecular weight is 317 g/mol. The van der Waals surface area contributed by atoms with Crippen LogP contribution in [0.5, 0.6) is 5.75 Å². The van der Waals surface area contributed by atoms with Crippen molar-refractivity contribution in [3.05, 3.63) is 51.2 Å². The molecule has 1 atom stereocenters. The molecule has 1 aromatic carbocycles. The molecular weight excluding hydrogens is 294 g/mol. The smallest absolute Gasteiger partial charge is 0.261 e. The van der Waals surface area contributed by atoms with Gasteiger partial charge in [-0.15, -0.1) is 11.3 Å². The third-order valence-corrected chi connectivity index (χ3v) is 4.64. The van der Waals surface area contributed by atoms with Crippen LogP contribution in [0.2, 0.25) is 0 Å². The highest BCUT2D eigenvalue weighted by Gasteiger charge is 2.12. The maximum atomic E-state index is 12.1. The van der Waals surface area contributed by atoms with E-state index in [1.54, 1.807) is 0 Å². The Morgan fingerprint density at radius 2 is 2.00 bits per heavy atom. The van der Waals surface area contributed by atoms with Gasteiger partial charge < -0.3 is 10.1 Å². The first-order chi connectivity index (χ1) is 10.5. The van der Waals surface area contributed by atoms with Gasteiger partial charge in [0.05, 0.1) is 4.88 Å². The van der Waals surface area contributed by atoms with Gasteiger partial charge in [0.2, 0.25) is 0 Å². The minimum Gasteiger partial charge on any atom is -0.488 e. The van der Waals surface area contributed by atoms with E-state index in [2.05, 4.69) is 12.2 Å². The molecule has 0 aliphatic heterocycles. The molecule has 0 fully saturated rings. The van der Waals surface area contributed by atoms with Crippen LogP contribution in [0, 0.1) is 13.8 Å². The van der Waals surface area contributed by atoms with Gasteiger partial charge in [-0.05, 0) is 49.8 Å². The molecule has 1 amide bonds. The number of carbonyl (C=O) groups excluding carboxylic acids is 1. The molecule has 1 N–H and O–H groups in total. The van der Waals surface area contributed by atoms with E-state index in [4.69, 9.17) is 4.74 Å². The van der Waals surface area contributed by atoms with Gasteiger partial charge in [-0.3, -0.25) is 4.79 Å². The van der Waals surface area contributed by atoms with E-state index in [0.29, 0.717) is 6.61 Å². The molecule has 1 aromatic heterocycles. The number of nitrogens with one attached hydrogen (secondary N) is 1. The molecule has 22 heavy (non-hydrogen) atoms. The lowest BCUT2D eigenvalue weighted by atomic mass is 10.1. The average Bonchev–Trinajstić information content (AvgIpc) is 2.95. The van der Waals surface area contributed by atoms with Crippen LogP contribution in [0.4, 0.5) is 0 Å². The van der Waals surface area contributed by atoms with Crippen molar-refractivity contribution < 1.29 is 9.53 Å². The standard InChI is InChI=1S/C18H23NO2S/c1-5-14(4)19-18(20)16-9-15(11-22-16)10-21-17-12(2)7-6-8-13(17)3/h6-9,11,14H,5,10H2,1-4H3,(H,19,20). The molecule has 3 nitrogen and oxygen atoms in total. The number of rotatable bonds is 6. The fourth-order valence-electron chi connectivity index (χ4n) is 2.15. The van der Waals surface area contributed by atoms with Crippen LogP contribution in [0.15, 0.2) is 29.6 Å². The van der Waals surface area contributed by atoms with Crippen molar-refractivity contribution in [3.63, 3.8) is 0 Å². The largest absolute Gasteiger partial charge is 0.488 e. The minimum absolute atomic E-state index is 0.00216. The Hall–Kier alpha value is -1.81.